The number of hydrogen-bond donors (Lipinski definition) is 2. The third kappa shape index (κ3) is 9.96. The summed E-state index contributed by atoms with van der Waals surface area (Å²) in [5, 5.41) is 6.79. The number of nitrogens with one attached hydrogen (secondary N) is 2. The summed E-state index contributed by atoms with van der Waals surface area (Å²) in [4.78, 5) is 6.86. The summed E-state index contributed by atoms with van der Waals surface area (Å²) in [7, 11) is 1.83. The Morgan fingerprint density at radius 3 is 2.76 bits per heavy atom. The van der Waals surface area contributed by atoms with Gasteiger partial charge in [0.25, 0.3) is 0 Å². The van der Waals surface area contributed by atoms with E-state index in [0.29, 0.717) is 12.0 Å². The van der Waals surface area contributed by atoms with Crippen LogP contribution in [0.3, 0.4) is 0 Å². The highest BCUT2D eigenvalue weighted by atomic mass is 127. The fourth-order valence-electron chi connectivity index (χ4n) is 3.33. The highest BCUT2D eigenvalue weighted by molar-refractivity contribution is 14.0. The van der Waals surface area contributed by atoms with Gasteiger partial charge in [-0.2, -0.15) is 0 Å². The molecule has 0 aromatic carbocycles. The number of ether oxygens (including phenoxy) is 2. The summed E-state index contributed by atoms with van der Waals surface area (Å²) in [6, 6.07) is 0. The molecule has 6 nitrogen and oxygen atoms in total. The smallest absolute Gasteiger partial charge is 0.190 e. The highest BCUT2D eigenvalue weighted by Gasteiger charge is 2.15. The van der Waals surface area contributed by atoms with Gasteiger partial charge in [0.15, 0.2) is 5.96 Å². The van der Waals surface area contributed by atoms with E-state index in [4.69, 9.17) is 9.47 Å². The second kappa shape index (κ2) is 14.0. The average Bonchev–Trinajstić information content (AvgIpc) is 3.27. The summed E-state index contributed by atoms with van der Waals surface area (Å²) < 4.78 is 11.2. The minimum absolute atomic E-state index is 0. The van der Waals surface area contributed by atoms with E-state index in [0.717, 1.165) is 51.7 Å². The molecule has 0 aliphatic carbocycles. The third-order valence-corrected chi connectivity index (χ3v) is 4.70. The molecule has 0 radical (unpaired) electrons. The Morgan fingerprint density at radius 1 is 1.28 bits per heavy atom. The maximum absolute atomic E-state index is 5.67. The largest absolute Gasteiger partial charge is 0.379 e. The zero-order valence-electron chi connectivity index (χ0n) is 16.0. The Hall–Kier alpha value is -0.120. The minimum atomic E-state index is 0. The number of halogens is 1. The van der Waals surface area contributed by atoms with Gasteiger partial charge in [-0.15, -0.1) is 24.0 Å². The average molecular weight is 468 g/mol. The van der Waals surface area contributed by atoms with Crippen LogP contribution in [0.1, 0.15) is 39.0 Å². The summed E-state index contributed by atoms with van der Waals surface area (Å²) in [6.45, 7) is 10.3. The second-order valence-corrected chi connectivity index (χ2v) is 7.06. The number of nitrogens with zero attached hydrogens (tertiary/aromatic N) is 2. The van der Waals surface area contributed by atoms with Crippen LogP contribution < -0.4 is 10.6 Å². The summed E-state index contributed by atoms with van der Waals surface area (Å²) in [5.41, 5.74) is 0. The maximum Gasteiger partial charge on any atom is 0.190 e. The van der Waals surface area contributed by atoms with Gasteiger partial charge >= 0.3 is 0 Å². The Bertz CT molecular complexity index is 359. The van der Waals surface area contributed by atoms with Crippen molar-refractivity contribution in [3.05, 3.63) is 0 Å². The monoisotopic (exact) mass is 468 g/mol. The van der Waals surface area contributed by atoms with Crippen LogP contribution in [0.2, 0.25) is 0 Å². The van der Waals surface area contributed by atoms with Crippen molar-refractivity contribution >= 4 is 29.9 Å². The molecule has 0 amide bonds. The summed E-state index contributed by atoms with van der Waals surface area (Å²) in [6.07, 6.45) is 6.34. The quantitative estimate of drug-likeness (QED) is 0.223. The number of guanidine groups is 1. The molecule has 2 aliphatic rings. The first-order chi connectivity index (χ1) is 11.8. The molecule has 2 heterocycles. The van der Waals surface area contributed by atoms with Gasteiger partial charge < -0.3 is 25.0 Å². The van der Waals surface area contributed by atoms with Gasteiger partial charge in [0.05, 0.1) is 12.7 Å². The minimum Gasteiger partial charge on any atom is -0.379 e. The Morgan fingerprint density at radius 2 is 2.08 bits per heavy atom. The van der Waals surface area contributed by atoms with Crippen LogP contribution in [0.4, 0.5) is 0 Å². The number of rotatable bonds is 10. The predicted molar refractivity (Wildman–Crippen MR) is 114 cm³/mol. The molecule has 7 heteroatoms. The van der Waals surface area contributed by atoms with Crippen LogP contribution in [0.5, 0.6) is 0 Å². The lowest BCUT2D eigenvalue weighted by Gasteiger charge is -2.21. The van der Waals surface area contributed by atoms with Crippen molar-refractivity contribution in [1.82, 2.24) is 15.5 Å². The van der Waals surface area contributed by atoms with E-state index < -0.39 is 0 Å². The normalized spacial score (nSPS) is 22.6. The van der Waals surface area contributed by atoms with Crippen LogP contribution in [-0.2, 0) is 9.47 Å². The van der Waals surface area contributed by atoms with Crippen molar-refractivity contribution in [3.8, 4) is 0 Å². The molecule has 25 heavy (non-hydrogen) atoms. The molecule has 2 unspecified atom stereocenters. The molecule has 2 rings (SSSR count). The van der Waals surface area contributed by atoms with Crippen molar-refractivity contribution in [3.63, 3.8) is 0 Å². The number of hydrogen-bond acceptors (Lipinski definition) is 4. The molecule has 2 aliphatic heterocycles. The molecule has 0 aromatic heterocycles. The predicted octanol–water partition coefficient (Wildman–Crippen LogP) is 2.09. The number of likely N-dealkylation sites (tertiary alicyclic amines) is 1. The second-order valence-electron chi connectivity index (χ2n) is 7.06. The Kier molecular flexibility index (Phi) is 12.8. The zero-order valence-corrected chi connectivity index (χ0v) is 18.3. The van der Waals surface area contributed by atoms with E-state index in [1.54, 1.807) is 0 Å². The fraction of sp³-hybridized carbons (Fsp3) is 0.944. The molecule has 0 saturated carbocycles. The van der Waals surface area contributed by atoms with Gasteiger partial charge in [0.1, 0.15) is 0 Å². The van der Waals surface area contributed by atoms with Gasteiger partial charge in [-0.1, -0.05) is 6.92 Å². The SMILES string of the molecule is CN=C(NCCCOCC1CCCO1)NCC(C)CN1CCCC1.I. The molecule has 2 fully saturated rings. The molecule has 2 N–H and O–H groups in total. The molecule has 2 saturated heterocycles. The Balaban J connectivity index is 0.00000312. The summed E-state index contributed by atoms with van der Waals surface area (Å²) in [5.74, 6) is 1.53. The van der Waals surface area contributed by atoms with E-state index >= 15 is 0 Å². The topological polar surface area (TPSA) is 58.1 Å². The lowest BCUT2D eigenvalue weighted by Crippen LogP contribution is -2.41. The van der Waals surface area contributed by atoms with Crippen molar-refractivity contribution < 1.29 is 9.47 Å². The molecule has 2 atom stereocenters. The van der Waals surface area contributed by atoms with Crippen LogP contribution in [0, 0.1) is 5.92 Å². The van der Waals surface area contributed by atoms with Crippen LogP contribution >= 0.6 is 24.0 Å². The van der Waals surface area contributed by atoms with Crippen LogP contribution in [0.15, 0.2) is 4.99 Å². The van der Waals surface area contributed by atoms with Gasteiger partial charge in [-0.3, -0.25) is 4.99 Å². The Labute approximate surface area is 170 Å². The summed E-state index contributed by atoms with van der Waals surface area (Å²) >= 11 is 0. The molecular formula is C18H37IN4O2. The standard InChI is InChI=1S/C18H36N4O2.HI/c1-16(14-22-9-3-4-10-22)13-21-18(19-2)20-8-6-11-23-15-17-7-5-12-24-17;/h16-17H,3-15H2,1-2H3,(H2,19,20,21);1H. The first-order valence-corrected chi connectivity index (χ1v) is 9.64. The first kappa shape index (κ1) is 22.9. The molecule has 0 spiro atoms. The van der Waals surface area contributed by atoms with E-state index in [2.05, 4.69) is 27.4 Å². The van der Waals surface area contributed by atoms with Crippen molar-refractivity contribution in [1.29, 1.82) is 0 Å². The zero-order chi connectivity index (χ0) is 17.0. The lowest BCUT2D eigenvalue weighted by molar-refractivity contribution is 0.0168. The molecule has 0 bridgehead atoms. The molecular weight excluding hydrogens is 431 g/mol. The lowest BCUT2D eigenvalue weighted by atomic mass is 10.1. The molecule has 148 valence electrons. The van der Waals surface area contributed by atoms with Crippen molar-refractivity contribution in [2.45, 2.75) is 45.1 Å². The number of aliphatic imine (C=N–C) groups is 1. The van der Waals surface area contributed by atoms with Crippen molar-refractivity contribution in [2.75, 3.05) is 59.6 Å². The first-order valence-electron chi connectivity index (χ1n) is 9.64. The van der Waals surface area contributed by atoms with Gasteiger partial charge in [0, 0.05) is 39.9 Å². The van der Waals surface area contributed by atoms with E-state index in [1.807, 2.05) is 7.05 Å². The van der Waals surface area contributed by atoms with Gasteiger partial charge in [-0.05, 0) is 51.1 Å². The van der Waals surface area contributed by atoms with E-state index in [1.165, 1.54) is 38.9 Å². The van der Waals surface area contributed by atoms with Gasteiger partial charge in [-0.25, -0.2) is 0 Å². The fourth-order valence-corrected chi connectivity index (χ4v) is 3.33. The maximum atomic E-state index is 5.67. The third-order valence-electron chi connectivity index (χ3n) is 4.70. The van der Waals surface area contributed by atoms with Crippen LogP contribution in [-0.4, -0.2) is 76.6 Å². The molecule has 0 aromatic rings. The van der Waals surface area contributed by atoms with Crippen molar-refractivity contribution in [2.24, 2.45) is 10.9 Å². The van der Waals surface area contributed by atoms with E-state index in [9.17, 15) is 0 Å². The van der Waals surface area contributed by atoms with Crippen LogP contribution in [0.25, 0.3) is 0 Å². The highest BCUT2D eigenvalue weighted by Crippen LogP contribution is 2.12. The van der Waals surface area contributed by atoms with Gasteiger partial charge in [0.2, 0.25) is 0 Å². The van der Waals surface area contributed by atoms with E-state index in [-0.39, 0.29) is 24.0 Å².